The van der Waals surface area contributed by atoms with Gasteiger partial charge in [0.05, 0.1) is 15.7 Å². The van der Waals surface area contributed by atoms with Crippen LogP contribution in [0, 0.1) is 0 Å². The van der Waals surface area contributed by atoms with E-state index in [9.17, 15) is 14.7 Å². The number of nitrogens with two attached hydrogens (primary N) is 1. The van der Waals surface area contributed by atoms with Gasteiger partial charge in [0.1, 0.15) is 0 Å². The van der Waals surface area contributed by atoms with Crippen molar-refractivity contribution in [2.75, 3.05) is 5.73 Å². The van der Waals surface area contributed by atoms with Crippen molar-refractivity contribution in [1.29, 1.82) is 0 Å². The van der Waals surface area contributed by atoms with Crippen LogP contribution in [0.25, 0.3) is 0 Å². The summed E-state index contributed by atoms with van der Waals surface area (Å²) in [4.78, 5) is 23.9. The van der Waals surface area contributed by atoms with Gasteiger partial charge in [-0.05, 0) is 23.6 Å². The third kappa shape index (κ3) is 3.47. The predicted octanol–water partition coefficient (Wildman–Crippen LogP) is 3.19. The van der Waals surface area contributed by atoms with Crippen molar-refractivity contribution in [1.82, 2.24) is 5.32 Å². The van der Waals surface area contributed by atoms with Crippen molar-refractivity contribution in [3.05, 3.63) is 50.1 Å². The van der Waals surface area contributed by atoms with Crippen molar-refractivity contribution >= 4 is 52.1 Å². The topological polar surface area (TPSA) is 92.4 Å². The number of rotatable bonds is 4. The van der Waals surface area contributed by atoms with Crippen molar-refractivity contribution in [3.63, 3.8) is 0 Å². The Morgan fingerprint density at radius 1 is 1.29 bits per heavy atom. The van der Waals surface area contributed by atoms with Crippen molar-refractivity contribution in [2.45, 2.75) is 6.04 Å². The molecule has 21 heavy (non-hydrogen) atoms. The summed E-state index contributed by atoms with van der Waals surface area (Å²) < 4.78 is 0. The normalized spacial score (nSPS) is 11.9. The Morgan fingerprint density at radius 2 is 1.90 bits per heavy atom. The molecule has 8 heteroatoms. The summed E-state index contributed by atoms with van der Waals surface area (Å²) in [7, 11) is 0. The molecule has 0 fully saturated rings. The van der Waals surface area contributed by atoms with Gasteiger partial charge >= 0.3 is 5.97 Å². The van der Waals surface area contributed by atoms with Crippen molar-refractivity contribution in [3.8, 4) is 0 Å². The molecule has 110 valence electrons. The van der Waals surface area contributed by atoms with Crippen LogP contribution in [0.5, 0.6) is 0 Å². The number of carbonyl (C=O) groups excluding carboxylic acids is 1. The Morgan fingerprint density at radius 3 is 2.38 bits per heavy atom. The average Bonchev–Trinajstić information content (AvgIpc) is 2.94. The van der Waals surface area contributed by atoms with Gasteiger partial charge in [0.25, 0.3) is 5.91 Å². The zero-order valence-corrected chi connectivity index (χ0v) is 12.8. The third-order valence-electron chi connectivity index (χ3n) is 2.69. The molecule has 1 aromatic heterocycles. The van der Waals surface area contributed by atoms with Gasteiger partial charge in [0, 0.05) is 10.4 Å². The van der Waals surface area contributed by atoms with Crippen LogP contribution < -0.4 is 11.1 Å². The van der Waals surface area contributed by atoms with E-state index in [1.54, 1.807) is 17.5 Å². The minimum Gasteiger partial charge on any atom is -0.479 e. The zero-order valence-electron chi connectivity index (χ0n) is 10.5. The number of hydrogen-bond donors (Lipinski definition) is 3. The van der Waals surface area contributed by atoms with E-state index in [1.165, 1.54) is 23.5 Å². The SMILES string of the molecule is Nc1c(Cl)cc(C(=O)NC(C(=O)O)c2cccs2)cc1Cl. The summed E-state index contributed by atoms with van der Waals surface area (Å²) >= 11 is 13.0. The fraction of sp³-hybridized carbons (Fsp3) is 0.0769. The molecule has 2 rings (SSSR count). The molecule has 1 unspecified atom stereocenters. The minimum atomic E-state index is -1.15. The molecular weight excluding hydrogens is 335 g/mol. The van der Waals surface area contributed by atoms with Gasteiger partial charge < -0.3 is 16.2 Å². The number of nitrogen functional groups attached to an aromatic ring is 1. The second-order valence-electron chi connectivity index (χ2n) is 4.11. The molecule has 2 aromatic rings. The summed E-state index contributed by atoms with van der Waals surface area (Å²) in [6.07, 6.45) is 0. The molecule has 0 aliphatic carbocycles. The Kier molecular flexibility index (Phi) is 4.72. The van der Waals surface area contributed by atoms with E-state index in [1.807, 2.05) is 0 Å². The number of nitrogens with one attached hydrogen (secondary N) is 1. The highest BCUT2D eigenvalue weighted by atomic mass is 35.5. The Hall–Kier alpha value is -1.76. The maximum absolute atomic E-state index is 12.1. The number of carboxylic acid groups (broad SMARTS) is 1. The summed E-state index contributed by atoms with van der Waals surface area (Å²) in [6, 6.07) is 4.88. The van der Waals surface area contributed by atoms with Crippen LogP contribution in [0.15, 0.2) is 29.6 Å². The van der Waals surface area contributed by atoms with Crippen LogP contribution in [-0.4, -0.2) is 17.0 Å². The fourth-order valence-electron chi connectivity index (χ4n) is 1.64. The largest absolute Gasteiger partial charge is 0.479 e. The number of aliphatic carboxylic acids is 1. The molecule has 0 bridgehead atoms. The van der Waals surface area contributed by atoms with Gasteiger partial charge in [-0.15, -0.1) is 11.3 Å². The third-order valence-corrected chi connectivity index (χ3v) is 4.25. The van der Waals surface area contributed by atoms with Gasteiger partial charge in [0.15, 0.2) is 6.04 Å². The first kappa shape index (κ1) is 15.6. The lowest BCUT2D eigenvalue weighted by Gasteiger charge is -2.13. The van der Waals surface area contributed by atoms with Crippen molar-refractivity contribution < 1.29 is 14.7 Å². The number of anilines is 1. The van der Waals surface area contributed by atoms with Crippen LogP contribution in [0.1, 0.15) is 21.3 Å². The molecule has 0 radical (unpaired) electrons. The molecule has 0 saturated carbocycles. The molecule has 0 spiro atoms. The first-order chi connectivity index (χ1) is 9.90. The predicted molar refractivity (Wildman–Crippen MR) is 83.0 cm³/mol. The van der Waals surface area contributed by atoms with Crippen LogP contribution in [0.3, 0.4) is 0 Å². The number of thiophene rings is 1. The number of carbonyl (C=O) groups is 2. The Labute approximate surface area is 134 Å². The zero-order chi connectivity index (χ0) is 15.6. The molecule has 1 heterocycles. The molecular formula is C13H10Cl2N2O3S. The lowest BCUT2D eigenvalue weighted by molar-refractivity contribution is -0.139. The average molecular weight is 345 g/mol. The maximum atomic E-state index is 12.1. The van der Waals surface area contributed by atoms with Gasteiger partial charge in [-0.2, -0.15) is 0 Å². The number of amides is 1. The van der Waals surface area contributed by atoms with E-state index in [4.69, 9.17) is 28.9 Å². The van der Waals surface area contributed by atoms with Crippen LogP contribution in [0.2, 0.25) is 10.0 Å². The highest BCUT2D eigenvalue weighted by Crippen LogP contribution is 2.29. The second kappa shape index (κ2) is 6.34. The van der Waals surface area contributed by atoms with E-state index in [0.29, 0.717) is 4.88 Å². The van der Waals surface area contributed by atoms with Gasteiger partial charge in [-0.3, -0.25) is 4.79 Å². The number of hydrogen-bond acceptors (Lipinski definition) is 4. The molecule has 1 amide bonds. The Balaban J connectivity index is 2.26. The van der Waals surface area contributed by atoms with Gasteiger partial charge in [-0.1, -0.05) is 29.3 Å². The molecule has 1 aromatic carbocycles. The van der Waals surface area contributed by atoms with Crippen LogP contribution in [-0.2, 0) is 4.79 Å². The first-order valence-corrected chi connectivity index (χ1v) is 7.35. The van der Waals surface area contributed by atoms with E-state index in [-0.39, 0.29) is 21.3 Å². The second-order valence-corrected chi connectivity index (χ2v) is 5.91. The molecule has 5 nitrogen and oxygen atoms in total. The van der Waals surface area contributed by atoms with Crippen molar-refractivity contribution in [2.24, 2.45) is 0 Å². The highest BCUT2D eigenvalue weighted by molar-refractivity contribution is 7.10. The fourth-order valence-corrected chi connectivity index (χ4v) is 2.89. The highest BCUT2D eigenvalue weighted by Gasteiger charge is 2.24. The van der Waals surface area contributed by atoms with Gasteiger partial charge in [-0.25, -0.2) is 4.79 Å². The lowest BCUT2D eigenvalue weighted by Crippen LogP contribution is -2.33. The molecule has 0 aliphatic rings. The van der Waals surface area contributed by atoms with Gasteiger partial charge in [0.2, 0.25) is 0 Å². The van der Waals surface area contributed by atoms with Crippen LogP contribution >= 0.6 is 34.5 Å². The standard InChI is InChI=1S/C13H10Cl2N2O3S/c14-7-4-6(5-8(15)10(7)16)12(18)17-11(13(19)20)9-2-1-3-21-9/h1-5,11H,16H2,(H,17,18)(H,19,20). The van der Waals surface area contributed by atoms with Crippen LogP contribution in [0.4, 0.5) is 5.69 Å². The quantitative estimate of drug-likeness (QED) is 0.742. The molecule has 0 saturated heterocycles. The number of benzene rings is 1. The van der Waals surface area contributed by atoms with E-state index in [0.717, 1.165) is 0 Å². The summed E-state index contributed by atoms with van der Waals surface area (Å²) in [6.45, 7) is 0. The Bertz CT molecular complexity index is 666. The summed E-state index contributed by atoms with van der Waals surface area (Å²) in [5.41, 5.74) is 5.90. The molecule has 0 aliphatic heterocycles. The number of halogens is 2. The lowest BCUT2D eigenvalue weighted by atomic mass is 10.1. The number of carboxylic acids is 1. The van der Waals surface area contributed by atoms with E-state index >= 15 is 0 Å². The molecule has 1 atom stereocenters. The minimum absolute atomic E-state index is 0.135. The smallest absolute Gasteiger partial charge is 0.331 e. The maximum Gasteiger partial charge on any atom is 0.331 e. The molecule has 4 N–H and O–H groups in total. The summed E-state index contributed by atoms with van der Waals surface area (Å²) in [5, 5.41) is 13.6. The summed E-state index contributed by atoms with van der Waals surface area (Å²) in [5.74, 6) is -1.75. The first-order valence-electron chi connectivity index (χ1n) is 5.71. The monoisotopic (exact) mass is 344 g/mol. The van der Waals surface area contributed by atoms with E-state index < -0.39 is 17.9 Å². The van der Waals surface area contributed by atoms with E-state index in [2.05, 4.69) is 5.32 Å².